The lowest BCUT2D eigenvalue weighted by Gasteiger charge is -2.01. The predicted octanol–water partition coefficient (Wildman–Crippen LogP) is 3.67. The number of nitrogens with zero attached hydrogens (tertiary/aromatic N) is 2. The SMILES string of the molecule is CC(=O)Nc1ccc(-c2nnc(SCC(=O)c3ccccc3)o2)cc1. The summed E-state index contributed by atoms with van der Waals surface area (Å²) in [5, 5.41) is 11.0. The average molecular weight is 353 g/mol. The lowest BCUT2D eigenvalue weighted by Crippen LogP contribution is -2.05. The van der Waals surface area contributed by atoms with Crippen molar-refractivity contribution in [2.45, 2.75) is 12.1 Å². The van der Waals surface area contributed by atoms with E-state index in [4.69, 9.17) is 4.42 Å². The van der Waals surface area contributed by atoms with Crippen molar-refractivity contribution < 1.29 is 14.0 Å². The fraction of sp³-hybridized carbons (Fsp3) is 0.111. The second-order valence-electron chi connectivity index (χ2n) is 5.21. The molecule has 1 N–H and O–H groups in total. The molecule has 0 atom stereocenters. The van der Waals surface area contributed by atoms with Crippen LogP contribution in [-0.4, -0.2) is 27.6 Å². The van der Waals surface area contributed by atoms with Crippen molar-refractivity contribution >= 4 is 29.1 Å². The minimum absolute atomic E-state index is 0.00464. The highest BCUT2D eigenvalue weighted by Crippen LogP contribution is 2.24. The van der Waals surface area contributed by atoms with Crippen LogP contribution in [0.2, 0.25) is 0 Å². The molecule has 0 saturated heterocycles. The summed E-state index contributed by atoms with van der Waals surface area (Å²) in [5.74, 6) is 0.467. The van der Waals surface area contributed by atoms with Crippen molar-refractivity contribution in [2.75, 3.05) is 11.1 Å². The van der Waals surface area contributed by atoms with Crippen LogP contribution in [0.4, 0.5) is 5.69 Å². The summed E-state index contributed by atoms with van der Waals surface area (Å²) in [4.78, 5) is 23.1. The Morgan fingerprint density at radius 1 is 1.04 bits per heavy atom. The molecule has 0 saturated carbocycles. The number of nitrogens with one attached hydrogen (secondary N) is 1. The zero-order chi connectivity index (χ0) is 17.6. The van der Waals surface area contributed by atoms with Gasteiger partial charge in [-0.25, -0.2) is 0 Å². The fourth-order valence-electron chi connectivity index (χ4n) is 2.12. The first-order valence-electron chi connectivity index (χ1n) is 7.54. The van der Waals surface area contributed by atoms with Crippen LogP contribution in [0, 0.1) is 0 Å². The zero-order valence-electron chi connectivity index (χ0n) is 13.4. The first kappa shape index (κ1) is 16.9. The number of hydrogen-bond acceptors (Lipinski definition) is 6. The lowest BCUT2D eigenvalue weighted by atomic mass is 10.2. The maximum absolute atomic E-state index is 12.1. The molecule has 25 heavy (non-hydrogen) atoms. The zero-order valence-corrected chi connectivity index (χ0v) is 14.2. The number of Topliss-reactive ketones (excluding diaryl/α,β-unsaturated/α-hetero) is 1. The average Bonchev–Trinajstić information content (AvgIpc) is 3.09. The normalized spacial score (nSPS) is 10.4. The van der Waals surface area contributed by atoms with E-state index < -0.39 is 0 Å². The van der Waals surface area contributed by atoms with Crippen LogP contribution >= 0.6 is 11.8 Å². The molecule has 0 unspecified atom stereocenters. The van der Waals surface area contributed by atoms with Gasteiger partial charge in [0.15, 0.2) is 5.78 Å². The Hall–Kier alpha value is -2.93. The molecule has 3 aromatic rings. The number of ketones is 1. The largest absolute Gasteiger partial charge is 0.411 e. The van der Waals surface area contributed by atoms with Gasteiger partial charge < -0.3 is 9.73 Å². The molecule has 0 spiro atoms. The Labute approximate surface area is 148 Å². The second-order valence-corrected chi connectivity index (χ2v) is 6.14. The molecule has 0 bridgehead atoms. The molecule has 6 nitrogen and oxygen atoms in total. The van der Waals surface area contributed by atoms with Crippen LogP contribution in [0.25, 0.3) is 11.5 Å². The summed E-state index contributed by atoms with van der Waals surface area (Å²) >= 11 is 1.20. The van der Waals surface area contributed by atoms with Gasteiger partial charge in [0.2, 0.25) is 11.8 Å². The van der Waals surface area contributed by atoms with Crippen molar-refractivity contribution in [3.05, 3.63) is 60.2 Å². The van der Waals surface area contributed by atoms with Crippen LogP contribution in [0.3, 0.4) is 0 Å². The van der Waals surface area contributed by atoms with Crippen LogP contribution < -0.4 is 5.32 Å². The summed E-state index contributed by atoms with van der Waals surface area (Å²) in [7, 11) is 0. The van der Waals surface area contributed by atoms with E-state index in [0.29, 0.717) is 22.4 Å². The van der Waals surface area contributed by atoms with Gasteiger partial charge in [0.05, 0.1) is 5.75 Å². The molecule has 0 aliphatic heterocycles. The first-order valence-corrected chi connectivity index (χ1v) is 8.53. The van der Waals surface area contributed by atoms with Gasteiger partial charge >= 0.3 is 0 Å². The topological polar surface area (TPSA) is 85.1 Å². The quantitative estimate of drug-likeness (QED) is 0.537. The van der Waals surface area contributed by atoms with E-state index in [-0.39, 0.29) is 17.4 Å². The number of hydrogen-bond donors (Lipinski definition) is 1. The minimum Gasteiger partial charge on any atom is -0.411 e. The Bertz CT molecular complexity index is 876. The Kier molecular flexibility index (Phi) is 5.25. The first-order chi connectivity index (χ1) is 12.1. The van der Waals surface area contributed by atoms with Crippen LogP contribution in [0.15, 0.2) is 64.2 Å². The smallest absolute Gasteiger partial charge is 0.277 e. The van der Waals surface area contributed by atoms with Crippen LogP contribution in [-0.2, 0) is 4.79 Å². The highest BCUT2D eigenvalue weighted by molar-refractivity contribution is 7.99. The van der Waals surface area contributed by atoms with Crippen molar-refractivity contribution in [3.63, 3.8) is 0 Å². The third-order valence-corrected chi connectivity index (χ3v) is 4.10. The number of anilines is 1. The Morgan fingerprint density at radius 2 is 1.76 bits per heavy atom. The number of amides is 1. The number of benzene rings is 2. The summed E-state index contributed by atoms with van der Waals surface area (Å²) in [5.41, 5.74) is 2.09. The molecular formula is C18H15N3O3S. The standard InChI is InChI=1S/C18H15N3O3S/c1-12(22)19-15-9-7-14(8-10-15)17-20-21-18(24-17)25-11-16(23)13-5-3-2-4-6-13/h2-10H,11H2,1H3,(H,19,22). The summed E-state index contributed by atoms with van der Waals surface area (Å²) in [6.07, 6.45) is 0. The predicted molar refractivity (Wildman–Crippen MR) is 95.5 cm³/mol. The van der Waals surface area contributed by atoms with Crippen LogP contribution in [0.5, 0.6) is 0 Å². The summed E-state index contributed by atoms with van der Waals surface area (Å²) < 4.78 is 5.58. The van der Waals surface area contributed by atoms with Crippen molar-refractivity contribution in [2.24, 2.45) is 0 Å². The number of rotatable bonds is 6. The van der Waals surface area contributed by atoms with Gasteiger partial charge in [0, 0.05) is 23.7 Å². The van der Waals surface area contributed by atoms with Gasteiger partial charge in [-0.1, -0.05) is 42.1 Å². The highest BCUT2D eigenvalue weighted by Gasteiger charge is 2.12. The molecule has 0 aliphatic rings. The third kappa shape index (κ3) is 4.54. The van der Waals surface area contributed by atoms with E-state index >= 15 is 0 Å². The highest BCUT2D eigenvalue weighted by atomic mass is 32.2. The van der Waals surface area contributed by atoms with E-state index in [9.17, 15) is 9.59 Å². The molecule has 0 fully saturated rings. The molecule has 0 radical (unpaired) electrons. The molecule has 3 rings (SSSR count). The lowest BCUT2D eigenvalue weighted by molar-refractivity contribution is -0.114. The molecule has 1 aromatic heterocycles. The minimum atomic E-state index is -0.132. The third-order valence-electron chi connectivity index (χ3n) is 3.28. The fourth-order valence-corrected chi connectivity index (χ4v) is 2.78. The molecule has 126 valence electrons. The summed E-state index contributed by atoms with van der Waals surface area (Å²) in [6, 6.07) is 16.1. The van der Waals surface area contributed by atoms with Crippen molar-refractivity contribution in [3.8, 4) is 11.5 Å². The number of aromatic nitrogens is 2. The van der Waals surface area contributed by atoms with E-state index in [2.05, 4.69) is 15.5 Å². The van der Waals surface area contributed by atoms with Crippen molar-refractivity contribution in [1.82, 2.24) is 10.2 Å². The molecule has 1 amide bonds. The van der Waals surface area contributed by atoms with E-state index in [1.165, 1.54) is 18.7 Å². The molecule has 0 aliphatic carbocycles. The number of thioether (sulfide) groups is 1. The van der Waals surface area contributed by atoms with Gasteiger partial charge in [-0.2, -0.15) is 0 Å². The van der Waals surface area contributed by atoms with Crippen LogP contribution in [0.1, 0.15) is 17.3 Å². The number of carbonyl (C=O) groups is 2. The van der Waals surface area contributed by atoms with Gasteiger partial charge in [0.25, 0.3) is 5.22 Å². The van der Waals surface area contributed by atoms with E-state index in [1.54, 1.807) is 36.4 Å². The van der Waals surface area contributed by atoms with Gasteiger partial charge in [0.1, 0.15) is 0 Å². The molecule has 2 aromatic carbocycles. The maximum atomic E-state index is 12.1. The number of carbonyl (C=O) groups excluding carboxylic acids is 2. The van der Waals surface area contributed by atoms with Gasteiger partial charge in [-0.15, -0.1) is 10.2 Å². The van der Waals surface area contributed by atoms with Gasteiger partial charge in [-0.05, 0) is 24.3 Å². The monoisotopic (exact) mass is 353 g/mol. The molecule has 7 heteroatoms. The second kappa shape index (κ2) is 7.76. The molecular weight excluding hydrogens is 338 g/mol. The van der Waals surface area contributed by atoms with E-state index in [0.717, 1.165) is 5.56 Å². The van der Waals surface area contributed by atoms with Crippen molar-refractivity contribution in [1.29, 1.82) is 0 Å². The summed E-state index contributed by atoms with van der Waals surface area (Å²) in [6.45, 7) is 1.45. The van der Waals surface area contributed by atoms with E-state index in [1.807, 2.05) is 18.2 Å². The maximum Gasteiger partial charge on any atom is 0.277 e. The molecule has 1 heterocycles. The van der Waals surface area contributed by atoms with Gasteiger partial charge in [-0.3, -0.25) is 9.59 Å². The Balaban J connectivity index is 1.62. The Morgan fingerprint density at radius 3 is 2.44 bits per heavy atom.